The van der Waals surface area contributed by atoms with Crippen molar-refractivity contribution >= 4 is 20.8 Å². The van der Waals surface area contributed by atoms with Gasteiger partial charge < -0.3 is 4.74 Å². The molecule has 0 aliphatic heterocycles. The lowest BCUT2D eigenvalue weighted by Crippen LogP contribution is -2.27. The highest BCUT2D eigenvalue weighted by molar-refractivity contribution is 7.89. The van der Waals surface area contributed by atoms with E-state index in [1.54, 1.807) is 24.3 Å². The number of hydrogen-bond donors (Lipinski definition) is 1. The molecule has 3 aromatic rings. The topological polar surface area (TPSA) is 55.4 Å². The fraction of sp³-hybridized carbons (Fsp3) is 0.200. The van der Waals surface area contributed by atoms with Gasteiger partial charge in [0.1, 0.15) is 5.75 Å². The summed E-state index contributed by atoms with van der Waals surface area (Å²) < 4.78 is 33.5. The van der Waals surface area contributed by atoms with Crippen molar-refractivity contribution in [2.45, 2.75) is 24.8 Å². The molecule has 0 bridgehead atoms. The van der Waals surface area contributed by atoms with Gasteiger partial charge >= 0.3 is 0 Å². The van der Waals surface area contributed by atoms with Crippen molar-refractivity contribution in [3.05, 3.63) is 72.3 Å². The van der Waals surface area contributed by atoms with Crippen molar-refractivity contribution in [2.24, 2.45) is 0 Å². The molecule has 5 heteroatoms. The maximum Gasteiger partial charge on any atom is 0.241 e. The Balaban J connectivity index is 1.87. The normalized spacial score (nSPS) is 12.9. The van der Waals surface area contributed by atoms with E-state index in [1.807, 2.05) is 56.3 Å². The van der Waals surface area contributed by atoms with Crippen molar-refractivity contribution in [3.63, 3.8) is 0 Å². The second-order valence-electron chi connectivity index (χ2n) is 5.82. The molecule has 0 fully saturated rings. The number of nitrogens with one attached hydrogen (secondary N) is 1. The van der Waals surface area contributed by atoms with Crippen LogP contribution >= 0.6 is 0 Å². The van der Waals surface area contributed by atoms with Crippen LogP contribution in [-0.4, -0.2) is 15.0 Å². The average Bonchev–Trinajstić information content (AvgIpc) is 2.61. The summed E-state index contributed by atoms with van der Waals surface area (Å²) in [5.74, 6) is 0.656. The molecule has 1 atom stereocenters. The third-order valence-corrected chi connectivity index (χ3v) is 5.62. The van der Waals surface area contributed by atoms with Gasteiger partial charge in [0, 0.05) is 6.04 Å². The van der Waals surface area contributed by atoms with E-state index < -0.39 is 10.0 Å². The summed E-state index contributed by atoms with van der Waals surface area (Å²) in [6.45, 7) is 4.29. The van der Waals surface area contributed by atoms with Crippen molar-refractivity contribution in [1.82, 2.24) is 4.72 Å². The predicted molar refractivity (Wildman–Crippen MR) is 100 cm³/mol. The van der Waals surface area contributed by atoms with Gasteiger partial charge in [0.05, 0.1) is 11.5 Å². The van der Waals surface area contributed by atoms with E-state index in [0.29, 0.717) is 12.4 Å². The summed E-state index contributed by atoms with van der Waals surface area (Å²) in [5, 5.41) is 2.14. The first-order valence-electron chi connectivity index (χ1n) is 8.24. The molecule has 4 nitrogen and oxygen atoms in total. The molecule has 0 aliphatic carbocycles. The minimum absolute atomic E-state index is 0.225. The summed E-state index contributed by atoms with van der Waals surface area (Å²) in [5.41, 5.74) is 0.951. The van der Waals surface area contributed by atoms with Crippen LogP contribution in [0.5, 0.6) is 5.75 Å². The Labute approximate surface area is 148 Å². The SMILES string of the molecule is CCOc1ccc(S(=O)(=O)NC(C)c2cccc3ccccc23)cc1. The van der Waals surface area contributed by atoms with E-state index in [9.17, 15) is 8.42 Å². The van der Waals surface area contributed by atoms with Crippen molar-refractivity contribution in [3.8, 4) is 5.75 Å². The van der Waals surface area contributed by atoms with Crippen LogP contribution in [-0.2, 0) is 10.0 Å². The van der Waals surface area contributed by atoms with Gasteiger partial charge in [-0.15, -0.1) is 0 Å². The number of benzene rings is 3. The molecule has 0 saturated heterocycles. The zero-order valence-corrected chi connectivity index (χ0v) is 15.1. The van der Waals surface area contributed by atoms with Crippen LogP contribution in [0.4, 0.5) is 0 Å². The smallest absolute Gasteiger partial charge is 0.241 e. The minimum Gasteiger partial charge on any atom is -0.494 e. The maximum atomic E-state index is 12.7. The van der Waals surface area contributed by atoms with E-state index in [4.69, 9.17) is 4.74 Å². The predicted octanol–water partition coefficient (Wildman–Crippen LogP) is 4.28. The summed E-state index contributed by atoms with van der Waals surface area (Å²) in [6.07, 6.45) is 0. The molecule has 3 aromatic carbocycles. The van der Waals surface area contributed by atoms with Gasteiger partial charge in [0.2, 0.25) is 10.0 Å². The van der Waals surface area contributed by atoms with Crippen LogP contribution in [0.15, 0.2) is 71.6 Å². The number of sulfonamides is 1. The van der Waals surface area contributed by atoms with Crippen molar-refractivity contribution in [2.75, 3.05) is 6.61 Å². The fourth-order valence-corrected chi connectivity index (χ4v) is 4.10. The van der Waals surface area contributed by atoms with Crippen molar-refractivity contribution in [1.29, 1.82) is 0 Å². The average molecular weight is 355 g/mol. The Morgan fingerprint density at radius 2 is 1.64 bits per heavy atom. The first-order valence-corrected chi connectivity index (χ1v) is 9.72. The highest BCUT2D eigenvalue weighted by Gasteiger charge is 2.19. The summed E-state index contributed by atoms with van der Waals surface area (Å²) in [6, 6.07) is 20.0. The second kappa shape index (κ2) is 7.25. The molecule has 0 radical (unpaired) electrons. The van der Waals surface area contributed by atoms with Gasteiger partial charge in [-0.3, -0.25) is 0 Å². The maximum absolute atomic E-state index is 12.7. The molecule has 0 heterocycles. The molecular formula is C20H21NO3S. The van der Waals surface area contributed by atoms with Gasteiger partial charge in [-0.25, -0.2) is 13.1 Å². The van der Waals surface area contributed by atoms with Gasteiger partial charge in [0.25, 0.3) is 0 Å². The van der Waals surface area contributed by atoms with E-state index >= 15 is 0 Å². The quantitative estimate of drug-likeness (QED) is 0.718. The van der Waals surface area contributed by atoms with Gasteiger partial charge in [-0.2, -0.15) is 0 Å². The monoisotopic (exact) mass is 355 g/mol. The molecular weight excluding hydrogens is 334 g/mol. The lowest BCUT2D eigenvalue weighted by Gasteiger charge is -2.17. The van der Waals surface area contributed by atoms with Crippen LogP contribution in [0.25, 0.3) is 10.8 Å². The van der Waals surface area contributed by atoms with E-state index in [1.165, 1.54) is 0 Å². The molecule has 0 aromatic heterocycles. The first kappa shape index (κ1) is 17.5. The zero-order chi connectivity index (χ0) is 17.9. The lowest BCUT2D eigenvalue weighted by molar-refractivity contribution is 0.340. The van der Waals surface area contributed by atoms with Gasteiger partial charge in [-0.05, 0) is 54.4 Å². The second-order valence-corrected chi connectivity index (χ2v) is 7.53. The zero-order valence-electron chi connectivity index (χ0n) is 14.3. The fourth-order valence-electron chi connectivity index (χ4n) is 2.87. The van der Waals surface area contributed by atoms with Crippen LogP contribution in [0.1, 0.15) is 25.5 Å². The number of fused-ring (bicyclic) bond motifs is 1. The Morgan fingerprint density at radius 1 is 0.960 bits per heavy atom. The van der Waals surface area contributed by atoms with Crippen LogP contribution < -0.4 is 9.46 Å². The largest absolute Gasteiger partial charge is 0.494 e. The third kappa shape index (κ3) is 3.83. The van der Waals surface area contributed by atoms with E-state index in [2.05, 4.69) is 4.72 Å². The Kier molecular flexibility index (Phi) is 5.06. The molecule has 0 aliphatic rings. The van der Waals surface area contributed by atoms with Crippen LogP contribution in [0.2, 0.25) is 0 Å². The van der Waals surface area contributed by atoms with Crippen LogP contribution in [0, 0.1) is 0 Å². The molecule has 1 N–H and O–H groups in total. The van der Waals surface area contributed by atoms with E-state index in [-0.39, 0.29) is 10.9 Å². The Hall–Kier alpha value is -2.37. The minimum atomic E-state index is -3.61. The molecule has 25 heavy (non-hydrogen) atoms. The van der Waals surface area contributed by atoms with Gasteiger partial charge in [-0.1, -0.05) is 42.5 Å². The third-order valence-electron chi connectivity index (χ3n) is 4.07. The molecule has 0 amide bonds. The summed E-state index contributed by atoms with van der Waals surface area (Å²) >= 11 is 0. The van der Waals surface area contributed by atoms with Crippen molar-refractivity contribution < 1.29 is 13.2 Å². The number of rotatable bonds is 6. The molecule has 0 spiro atoms. The highest BCUT2D eigenvalue weighted by Crippen LogP contribution is 2.26. The molecule has 1 unspecified atom stereocenters. The lowest BCUT2D eigenvalue weighted by atomic mass is 10.0. The number of ether oxygens (including phenoxy) is 1. The highest BCUT2D eigenvalue weighted by atomic mass is 32.2. The first-order chi connectivity index (χ1) is 12.0. The molecule has 130 valence electrons. The summed E-state index contributed by atoms with van der Waals surface area (Å²) in [4.78, 5) is 0.225. The molecule has 3 rings (SSSR count). The Bertz CT molecular complexity index is 960. The van der Waals surface area contributed by atoms with Gasteiger partial charge in [0.15, 0.2) is 0 Å². The number of hydrogen-bond acceptors (Lipinski definition) is 3. The summed E-state index contributed by atoms with van der Waals surface area (Å²) in [7, 11) is -3.61. The standard InChI is InChI=1S/C20H21NO3S/c1-3-24-17-11-13-18(14-12-17)25(22,23)21-15(2)19-10-6-8-16-7-4-5-9-20(16)19/h4-15,21H,3H2,1-2H3. The van der Waals surface area contributed by atoms with E-state index in [0.717, 1.165) is 16.3 Å². The van der Waals surface area contributed by atoms with Crippen LogP contribution in [0.3, 0.4) is 0 Å². The Morgan fingerprint density at radius 3 is 2.36 bits per heavy atom. The molecule has 0 saturated carbocycles.